The average molecular weight is 469 g/mol. The number of benzene rings is 1. The van der Waals surface area contributed by atoms with Crippen molar-refractivity contribution < 1.29 is 31.5 Å². The van der Waals surface area contributed by atoms with E-state index in [1.54, 1.807) is 0 Å². The number of alkyl halides is 5. The highest BCUT2D eigenvalue weighted by Crippen LogP contribution is 2.44. The topological polar surface area (TPSA) is 63.0 Å². The molecule has 2 aromatic heterocycles. The molecule has 1 aliphatic heterocycles. The van der Waals surface area contributed by atoms with Gasteiger partial charge in [-0.3, -0.25) is 4.79 Å². The van der Waals surface area contributed by atoms with Gasteiger partial charge in [0.1, 0.15) is 17.0 Å². The molecule has 12 heteroatoms. The number of fused-ring (bicyclic) bond motifs is 1. The lowest BCUT2D eigenvalue weighted by Crippen LogP contribution is -2.47. The van der Waals surface area contributed by atoms with E-state index in [0.29, 0.717) is 42.5 Å². The van der Waals surface area contributed by atoms with Crippen LogP contribution in [0, 0.1) is 0 Å². The summed E-state index contributed by atoms with van der Waals surface area (Å²) in [5.41, 5.74) is -1.82. The van der Waals surface area contributed by atoms with Gasteiger partial charge in [0.25, 0.3) is 5.91 Å². The Kier molecular flexibility index (Phi) is 5.72. The molecule has 0 aliphatic carbocycles. The van der Waals surface area contributed by atoms with Gasteiger partial charge in [-0.1, -0.05) is 0 Å². The summed E-state index contributed by atoms with van der Waals surface area (Å²) in [5, 5.41) is 3.69. The van der Waals surface area contributed by atoms with Crippen molar-refractivity contribution in [2.45, 2.75) is 12.1 Å². The molecule has 1 aromatic carbocycles. The van der Waals surface area contributed by atoms with Crippen molar-refractivity contribution >= 4 is 11.6 Å². The number of hydrogen-bond acceptors (Lipinski definition) is 5. The molecule has 176 valence electrons. The summed E-state index contributed by atoms with van der Waals surface area (Å²) >= 11 is 0. The van der Waals surface area contributed by atoms with Crippen LogP contribution in [-0.4, -0.2) is 76.8 Å². The van der Waals surface area contributed by atoms with E-state index in [9.17, 15) is 26.7 Å². The van der Waals surface area contributed by atoms with E-state index < -0.39 is 23.7 Å². The minimum Gasteiger partial charge on any atom is -0.497 e. The molecule has 1 amide bonds. The van der Waals surface area contributed by atoms with Crippen LogP contribution >= 0.6 is 0 Å². The number of aromatic nitrogens is 3. The molecule has 0 saturated carbocycles. The van der Waals surface area contributed by atoms with Crippen molar-refractivity contribution in [2.75, 3.05) is 40.3 Å². The minimum absolute atomic E-state index is 0.144. The summed E-state index contributed by atoms with van der Waals surface area (Å²) in [5.74, 6) is -5.29. The summed E-state index contributed by atoms with van der Waals surface area (Å²) in [7, 11) is 3.33. The van der Waals surface area contributed by atoms with E-state index in [4.69, 9.17) is 4.74 Å². The maximum atomic E-state index is 14.5. The molecule has 0 atom stereocenters. The quantitative estimate of drug-likeness (QED) is 0.548. The fourth-order valence-corrected chi connectivity index (χ4v) is 3.57. The Bertz CT molecular complexity index is 1170. The molecule has 1 saturated heterocycles. The van der Waals surface area contributed by atoms with Crippen LogP contribution in [0.15, 0.2) is 36.5 Å². The van der Waals surface area contributed by atoms with Gasteiger partial charge >= 0.3 is 12.1 Å². The molecule has 0 spiro atoms. The van der Waals surface area contributed by atoms with E-state index in [0.717, 1.165) is 6.20 Å². The number of hydrogen-bond donors (Lipinski definition) is 0. The van der Waals surface area contributed by atoms with Crippen molar-refractivity contribution in [1.82, 2.24) is 24.4 Å². The zero-order chi connectivity index (χ0) is 24.0. The first kappa shape index (κ1) is 22.9. The molecule has 3 aromatic rings. The summed E-state index contributed by atoms with van der Waals surface area (Å²) in [4.78, 5) is 20.8. The fourth-order valence-electron chi connectivity index (χ4n) is 3.57. The van der Waals surface area contributed by atoms with E-state index in [1.165, 1.54) is 36.3 Å². The van der Waals surface area contributed by atoms with Crippen LogP contribution < -0.4 is 4.74 Å². The molecule has 7 nitrogen and oxygen atoms in total. The van der Waals surface area contributed by atoms with Gasteiger partial charge in [-0.05, 0) is 37.4 Å². The second kappa shape index (κ2) is 8.25. The lowest BCUT2D eigenvalue weighted by molar-refractivity contribution is -0.291. The zero-order valence-corrected chi connectivity index (χ0v) is 17.7. The van der Waals surface area contributed by atoms with Gasteiger partial charge < -0.3 is 14.5 Å². The molecule has 0 unspecified atom stereocenters. The largest absolute Gasteiger partial charge is 0.497 e. The highest BCUT2D eigenvalue weighted by Gasteiger charge is 2.60. The summed E-state index contributed by atoms with van der Waals surface area (Å²) in [6.45, 7) is 1.98. The van der Waals surface area contributed by atoms with Gasteiger partial charge in [0.05, 0.1) is 19.0 Å². The first-order valence-electron chi connectivity index (χ1n) is 9.99. The Morgan fingerprint density at radius 2 is 1.67 bits per heavy atom. The first-order chi connectivity index (χ1) is 15.5. The van der Waals surface area contributed by atoms with Crippen LogP contribution in [0.25, 0.3) is 16.9 Å². The summed E-state index contributed by atoms with van der Waals surface area (Å²) in [6, 6.07) is 6.64. The standard InChI is InChI=1S/C21H20F5N5O2/c1-29-7-9-30(10-8-29)19(32)15-12-27-31-17(20(22,23)21(24,25)26)11-16(28-18(15)31)13-3-5-14(33-2)6-4-13/h3-6,11-12H,7-10H2,1-2H3. The number of carbonyl (C=O) groups is 1. The number of halogens is 5. The average Bonchev–Trinajstić information content (AvgIpc) is 3.21. The maximum Gasteiger partial charge on any atom is 0.459 e. The fraction of sp³-hybridized carbons (Fsp3) is 0.381. The number of amides is 1. The first-order valence-corrected chi connectivity index (χ1v) is 9.99. The molecule has 0 bridgehead atoms. The molecule has 0 N–H and O–H groups in total. The Morgan fingerprint density at radius 1 is 1.03 bits per heavy atom. The van der Waals surface area contributed by atoms with Crippen molar-refractivity contribution in [1.29, 1.82) is 0 Å². The molecule has 1 fully saturated rings. The molecular formula is C21H20F5N5O2. The third kappa shape index (κ3) is 4.10. The van der Waals surface area contributed by atoms with E-state index in [2.05, 4.69) is 10.1 Å². The molecule has 3 heterocycles. The second-order valence-corrected chi connectivity index (χ2v) is 7.72. The lowest BCUT2D eigenvalue weighted by atomic mass is 10.1. The molecule has 33 heavy (non-hydrogen) atoms. The minimum atomic E-state index is -5.87. The highest BCUT2D eigenvalue weighted by atomic mass is 19.4. The lowest BCUT2D eigenvalue weighted by Gasteiger charge is -2.32. The number of carbonyl (C=O) groups excluding carboxylic acids is 1. The van der Waals surface area contributed by atoms with Gasteiger partial charge in [0.15, 0.2) is 5.65 Å². The number of rotatable bonds is 4. The van der Waals surface area contributed by atoms with Crippen LogP contribution in [0.2, 0.25) is 0 Å². The van der Waals surface area contributed by atoms with E-state index >= 15 is 0 Å². The summed E-state index contributed by atoms with van der Waals surface area (Å²) < 4.78 is 74.2. The second-order valence-electron chi connectivity index (χ2n) is 7.72. The molecule has 1 aliphatic rings. The Hall–Kier alpha value is -3.28. The van der Waals surface area contributed by atoms with Gasteiger partial charge in [0, 0.05) is 31.7 Å². The van der Waals surface area contributed by atoms with E-state index in [-0.39, 0.29) is 22.5 Å². The van der Waals surface area contributed by atoms with Crippen LogP contribution in [0.1, 0.15) is 16.1 Å². The summed E-state index contributed by atoms with van der Waals surface area (Å²) in [6.07, 6.45) is -4.89. The van der Waals surface area contributed by atoms with Gasteiger partial charge in [0.2, 0.25) is 0 Å². The van der Waals surface area contributed by atoms with Crippen molar-refractivity contribution in [3.63, 3.8) is 0 Å². The van der Waals surface area contributed by atoms with Crippen molar-refractivity contribution in [2.24, 2.45) is 0 Å². The monoisotopic (exact) mass is 469 g/mol. The number of piperazine rings is 1. The number of ether oxygens (including phenoxy) is 1. The predicted molar refractivity (Wildman–Crippen MR) is 108 cm³/mol. The van der Waals surface area contributed by atoms with Crippen molar-refractivity contribution in [3.05, 3.63) is 47.8 Å². The Labute approximate surface area is 185 Å². The van der Waals surface area contributed by atoms with Crippen LogP contribution in [-0.2, 0) is 5.92 Å². The Morgan fingerprint density at radius 3 is 2.24 bits per heavy atom. The zero-order valence-electron chi connectivity index (χ0n) is 17.7. The van der Waals surface area contributed by atoms with Crippen LogP contribution in [0.4, 0.5) is 22.0 Å². The SMILES string of the molecule is COc1ccc(-c2cc(C(F)(F)C(F)(F)F)n3ncc(C(=O)N4CCN(C)CC4)c3n2)cc1. The number of likely N-dealkylation sites (N-methyl/N-ethyl adjacent to an activating group) is 1. The van der Waals surface area contributed by atoms with Gasteiger partial charge in [-0.2, -0.15) is 27.1 Å². The third-order valence-electron chi connectivity index (χ3n) is 5.56. The maximum absolute atomic E-state index is 14.5. The van der Waals surface area contributed by atoms with E-state index in [1.807, 2.05) is 11.9 Å². The molecule has 0 radical (unpaired) electrons. The van der Waals surface area contributed by atoms with Crippen molar-refractivity contribution in [3.8, 4) is 17.0 Å². The van der Waals surface area contributed by atoms with Crippen LogP contribution in [0.3, 0.4) is 0 Å². The molecular weight excluding hydrogens is 449 g/mol. The van der Waals surface area contributed by atoms with Crippen LogP contribution in [0.5, 0.6) is 5.75 Å². The third-order valence-corrected chi connectivity index (χ3v) is 5.56. The number of nitrogens with zero attached hydrogens (tertiary/aromatic N) is 5. The molecule has 4 rings (SSSR count). The smallest absolute Gasteiger partial charge is 0.459 e. The highest BCUT2D eigenvalue weighted by molar-refractivity contribution is 6.00. The van der Waals surface area contributed by atoms with Gasteiger partial charge in [-0.15, -0.1) is 0 Å². The predicted octanol–water partition coefficient (Wildman–Crippen LogP) is 3.45. The normalized spacial score (nSPS) is 15.8. The number of methoxy groups -OCH3 is 1. The Balaban J connectivity index is 1.88. The van der Waals surface area contributed by atoms with Gasteiger partial charge in [-0.25, -0.2) is 9.50 Å².